The number of halogens is 1. The van der Waals surface area contributed by atoms with E-state index in [1.165, 1.54) is 18.5 Å². The number of aryl methyl sites for hydroxylation is 1. The van der Waals surface area contributed by atoms with Crippen LogP contribution in [0.25, 0.3) is 16.9 Å². The van der Waals surface area contributed by atoms with Gasteiger partial charge in [-0.05, 0) is 64.4 Å². The third-order valence-electron chi connectivity index (χ3n) is 6.31. The van der Waals surface area contributed by atoms with Crippen LogP contribution in [-0.2, 0) is 0 Å². The van der Waals surface area contributed by atoms with Gasteiger partial charge in [0.2, 0.25) is 5.88 Å². The van der Waals surface area contributed by atoms with Crippen LogP contribution in [-0.4, -0.2) is 42.5 Å². The third kappa shape index (κ3) is 3.88. The Morgan fingerprint density at radius 2 is 1.97 bits per heavy atom. The summed E-state index contributed by atoms with van der Waals surface area (Å²) in [4.78, 5) is 8.62. The van der Waals surface area contributed by atoms with Gasteiger partial charge in [0, 0.05) is 11.6 Å². The maximum Gasteiger partial charge on any atom is 0.201 e. The number of nitriles is 1. The van der Waals surface area contributed by atoms with Crippen LogP contribution >= 0.6 is 0 Å². The SMILES string of the molecule is Cc1cc(F)cnc1[C@@H](C)Oc1cc(-c2nnn(C3CCNCC3)c2C)cc2ncc(C#N)n12. The lowest BCUT2D eigenvalue weighted by atomic mass is 10.1. The Morgan fingerprint density at radius 1 is 1.18 bits per heavy atom. The molecule has 1 aliphatic heterocycles. The number of fused-ring (bicyclic) bond motifs is 1. The first-order valence-electron chi connectivity index (χ1n) is 11.3. The maximum absolute atomic E-state index is 13.5. The zero-order valence-electron chi connectivity index (χ0n) is 19.3. The Labute approximate surface area is 196 Å². The lowest BCUT2D eigenvalue weighted by Crippen LogP contribution is -2.30. The molecule has 5 rings (SSSR count). The first kappa shape index (κ1) is 22.0. The van der Waals surface area contributed by atoms with E-state index >= 15 is 0 Å². The Hall–Kier alpha value is -3.84. The molecular formula is C24H25FN8O. The minimum Gasteiger partial charge on any atom is -0.469 e. The summed E-state index contributed by atoms with van der Waals surface area (Å²) in [6.07, 6.45) is 4.21. The second-order valence-electron chi connectivity index (χ2n) is 8.60. The molecule has 0 saturated carbocycles. The fourth-order valence-electron chi connectivity index (χ4n) is 4.60. The van der Waals surface area contributed by atoms with Gasteiger partial charge in [0.25, 0.3) is 0 Å². The Kier molecular flexibility index (Phi) is 5.71. The normalized spacial score (nSPS) is 15.4. The topological polar surface area (TPSA) is 106 Å². The van der Waals surface area contributed by atoms with Crippen LogP contribution in [0.2, 0.25) is 0 Å². The van der Waals surface area contributed by atoms with Gasteiger partial charge in [0.15, 0.2) is 0 Å². The van der Waals surface area contributed by atoms with Crippen molar-refractivity contribution in [3.63, 3.8) is 0 Å². The van der Waals surface area contributed by atoms with Crippen molar-refractivity contribution in [2.24, 2.45) is 0 Å². The molecule has 0 amide bonds. The Bertz CT molecular complexity index is 1400. The summed E-state index contributed by atoms with van der Waals surface area (Å²) in [6, 6.07) is 7.61. The van der Waals surface area contributed by atoms with Crippen molar-refractivity contribution in [3.8, 4) is 23.2 Å². The molecule has 0 spiro atoms. The molecule has 0 aliphatic carbocycles. The van der Waals surface area contributed by atoms with Gasteiger partial charge < -0.3 is 10.1 Å². The molecule has 4 aromatic rings. The number of nitrogens with zero attached hydrogens (tertiary/aromatic N) is 7. The average molecular weight is 461 g/mol. The van der Waals surface area contributed by atoms with Gasteiger partial charge in [0.05, 0.1) is 29.8 Å². The molecule has 0 unspecified atom stereocenters. The molecule has 174 valence electrons. The van der Waals surface area contributed by atoms with Crippen LogP contribution < -0.4 is 10.1 Å². The minimum atomic E-state index is -0.487. The van der Waals surface area contributed by atoms with Crippen molar-refractivity contribution < 1.29 is 9.13 Å². The highest BCUT2D eigenvalue weighted by Crippen LogP contribution is 2.32. The summed E-state index contributed by atoms with van der Waals surface area (Å²) in [5, 5.41) is 21.9. The van der Waals surface area contributed by atoms with E-state index in [1.807, 2.05) is 30.7 Å². The molecule has 4 aromatic heterocycles. The number of rotatable bonds is 5. The van der Waals surface area contributed by atoms with Crippen LogP contribution in [0.1, 0.15) is 54.6 Å². The van der Waals surface area contributed by atoms with E-state index in [-0.39, 0.29) is 0 Å². The van der Waals surface area contributed by atoms with Crippen molar-refractivity contribution in [2.75, 3.05) is 13.1 Å². The number of piperidine rings is 1. The molecule has 9 nitrogen and oxygen atoms in total. The lowest BCUT2D eigenvalue weighted by molar-refractivity contribution is 0.209. The molecule has 1 N–H and O–H groups in total. The molecule has 34 heavy (non-hydrogen) atoms. The van der Waals surface area contributed by atoms with E-state index in [0.717, 1.165) is 42.9 Å². The van der Waals surface area contributed by atoms with Crippen molar-refractivity contribution in [1.29, 1.82) is 5.26 Å². The summed E-state index contributed by atoms with van der Waals surface area (Å²) in [5.41, 5.74) is 4.73. The molecule has 1 aliphatic rings. The predicted octanol–water partition coefficient (Wildman–Crippen LogP) is 3.68. The molecular weight excluding hydrogens is 435 g/mol. The van der Waals surface area contributed by atoms with Gasteiger partial charge >= 0.3 is 0 Å². The van der Waals surface area contributed by atoms with Crippen LogP contribution in [0.15, 0.2) is 30.6 Å². The fraction of sp³-hybridized carbons (Fsp3) is 0.375. The van der Waals surface area contributed by atoms with Crippen molar-refractivity contribution in [3.05, 3.63) is 59.1 Å². The monoisotopic (exact) mass is 460 g/mol. The van der Waals surface area contributed by atoms with E-state index in [0.29, 0.717) is 34.5 Å². The van der Waals surface area contributed by atoms with Gasteiger partial charge in [-0.1, -0.05) is 5.21 Å². The third-order valence-corrected chi connectivity index (χ3v) is 6.31. The van der Waals surface area contributed by atoms with Crippen molar-refractivity contribution in [2.45, 2.75) is 45.8 Å². The van der Waals surface area contributed by atoms with Crippen LogP contribution in [0.3, 0.4) is 0 Å². The first-order chi connectivity index (χ1) is 16.5. The van der Waals surface area contributed by atoms with Crippen LogP contribution in [0.4, 0.5) is 4.39 Å². The van der Waals surface area contributed by atoms with Crippen molar-refractivity contribution >= 4 is 5.65 Å². The smallest absolute Gasteiger partial charge is 0.201 e. The van der Waals surface area contributed by atoms with Gasteiger partial charge in [-0.3, -0.25) is 9.38 Å². The van der Waals surface area contributed by atoms with Gasteiger partial charge in [-0.2, -0.15) is 5.26 Å². The molecule has 5 heterocycles. The molecule has 1 atom stereocenters. The van der Waals surface area contributed by atoms with Crippen molar-refractivity contribution in [1.82, 2.24) is 34.7 Å². The van der Waals surface area contributed by atoms with E-state index in [9.17, 15) is 9.65 Å². The summed E-state index contributed by atoms with van der Waals surface area (Å²) < 4.78 is 23.5. The maximum atomic E-state index is 13.5. The molecule has 0 radical (unpaired) electrons. The van der Waals surface area contributed by atoms with Gasteiger partial charge in [-0.15, -0.1) is 5.10 Å². The summed E-state index contributed by atoms with van der Waals surface area (Å²) in [7, 11) is 0. The highest BCUT2D eigenvalue weighted by molar-refractivity contribution is 5.68. The predicted molar refractivity (Wildman–Crippen MR) is 123 cm³/mol. The van der Waals surface area contributed by atoms with Gasteiger partial charge in [-0.25, -0.2) is 14.1 Å². The van der Waals surface area contributed by atoms with E-state index in [1.54, 1.807) is 11.3 Å². The first-order valence-corrected chi connectivity index (χ1v) is 11.3. The number of nitrogens with one attached hydrogen (secondary N) is 1. The molecule has 1 saturated heterocycles. The number of ether oxygens (including phenoxy) is 1. The largest absolute Gasteiger partial charge is 0.469 e. The molecule has 1 fully saturated rings. The van der Waals surface area contributed by atoms with Crippen LogP contribution in [0.5, 0.6) is 5.88 Å². The summed E-state index contributed by atoms with van der Waals surface area (Å²) in [5.74, 6) is 0.0296. The minimum absolute atomic E-state index is 0.311. The molecule has 10 heteroatoms. The average Bonchev–Trinajstić information content (AvgIpc) is 3.42. The van der Waals surface area contributed by atoms with E-state index in [2.05, 4.69) is 31.7 Å². The van der Waals surface area contributed by atoms with Crippen LogP contribution in [0, 0.1) is 31.0 Å². The number of hydrogen-bond donors (Lipinski definition) is 1. The second kappa shape index (κ2) is 8.83. The number of aromatic nitrogens is 6. The number of pyridine rings is 2. The van der Waals surface area contributed by atoms with Gasteiger partial charge in [0.1, 0.15) is 35.0 Å². The van der Waals surface area contributed by atoms with E-state index in [4.69, 9.17) is 4.74 Å². The molecule has 0 aromatic carbocycles. The number of imidazole rings is 1. The highest BCUT2D eigenvalue weighted by atomic mass is 19.1. The summed E-state index contributed by atoms with van der Waals surface area (Å²) >= 11 is 0. The fourth-order valence-corrected chi connectivity index (χ4v) is 4.60. The second-order valence-corrected chi connectivity index (χ2v) is 8.60. The van der Waals surface area contributed by atoms with E-state index < -0.39 is 11.9 Å². The molecule has 0 bridgehead atoms. The zero-order chi connectivity index (χ0) is 23.8. The standard InChI is InChI=1S/C24H25FN8O/c1-14-8-18(25)12-29-23(14)16(3)34-22-10-17(9-21-28-13-20(11-26)32(21)22)24-15(2)33(31-30-24)19-4-6-27-7-5-19/h8-10,12-13,16,19,27H,4-7H2,1-3H3/t16-/m1/s1. The quantitative estimate of drug-likeness (QED) is 0.484. The lowest BCUT2D eigenvalue weighted by Gasteiger charge is -2.23. The summed E-state index contributed by atoms with van der Waals surface area (Å²) in [6.45, 7) is 7.57. The zero-order valence-corrected chi connectivity index (χ0v) is 19.3. The highest BCUT2D eigenvalue weighted by Gasteiger charge is 2.23. The number of hydrogen-bond acceptors (Lipinski definition) is 7. The Balaban J connectivity index is 1.56. The Morgan fingerprint density at radius 3 is 2.71 bits per heavy atom.